The van der Waals surface area contributed by atoms with Crippen LogP contribution in [-0.4, -0.2) is 44.4 Å². The van der Waals surface area contributed by atoms with Crippen molar-refractivity contribution < 1.29 is 28.9 Å². The molecule has 122 valence electrons. The second-order valence-electron chi connectivity index (χ2n) is 4.62. The molecule has 1 atom stereocenters. The Morgan fingerprint density at radius 3 is 2.27 bits per heavy atom. The van der Waals surface area contributed by atoms with Gasteiger partial charge in [-0.2, -0.15) is 0 Å². The summed E-state index contributed by atoms with van der Waals surface area (Å²) in [5, 5.41) is 11.2. The van der Waals surface area contributed by atoms with Crippen LogP contribution in [0.5, 0.6) is 17.2 Å². The number of aryl methyl sites for hydroxylation is 1. The van der Waals surface area contributed by atoms with E-state index in [0.717, 1.165) is 5.56 Å². The molecule has 1 aromatic rings. The molecule has 0 heterocycles. The SMILES string of the molecule is COc1ccc(CCC(=O)N[C@H](C)C(=O)O)c(OC)c1OC. The van der Waals surface area contributed by atoms with Gasteiger partial charge in [0.2, 0.25) is 11.7 Å². The maximum absolute atomic E-state index is 11.7. The number of rotatable bonds is 8. The lowest BCUT2D eigenvalue weighted by atomic mass is 10.1. The van der Waals surface area contributed by atoms with Gasteiger partial charge in [-0.15, -0.1) is 0 Å². The number of carbonyl (C=O) groups is 2. The van der Waals surface area contributed by atoms with Crippen LogP contribution in [0.4, 0.5) is 0 Å². The van der Waals surface area contributed by atoms with Crippen LogP contribution in [0.2, 0.25) is 0 Å². The van der Waals surface area contributed by atoms with Gasteiger partial charge in [0, 0.05) is 6.42 Å². The lowest BCUT2D eigenvalue weighted by molar-refractivity contribution is -0.141. The van der Waals surface area contributed by atoms with Crippen molar-refractivity contribution in [3.05, 3.63) is 17.7 Å². The van der Waals surface area contributed by atoms with E-state index in [1.807, 2.05) is 0 Å². The molecule has 2 N–H and O–H groups in total. The number of nitrogens with one attached hydrogen (secondary N) is 1. The second-order valence-corrected chi connectivity index (χ2v) is 4.62. The first-order valence-corrected chi connectivity index (χ1v) is 6.74. The Morgan fingerprint density at radius 2 is 1.77 bits per heavy atom. The molecule has 7 nitrogen and oxygen atoms in total. The minimum Gasteiger partial charge on any atom is -0.493 e. The van der Waals surface area contributed by atoms with Gasteiger partial charge in [0.1, 0.15) is 6.04 Å². The Hall–Kier alpha value is -2.44. The van der Waals surface area contributed by atoms with Crippen molar-refractivity contribution in [3.8, 4) is 17.2 Å². The fourth-order valence-corrected chi connectivity index (χ4v) is 1.98. The lowest BCUT2D eigenvalue weighted by Gasteiger charge is -2.16. The highest BCUT2D eigenvalue weighted by Crippen LogP contribution is 2.40. The second kappa shape index (κ2) is 8.11. The van der Waals surface area contributed by atoms with Gasteiger partial charge in [-0.3, -0.25) is 9.59 Å². The summed E-state index contributed by atoms with van der Waals surface area (Å²) in [6, 6.07) is 2.60. The molecule has 0 unspecified atom stereocenters. The number of carboxylic acid groups (broad SMARTS) is 1. The molecule has 0 aliphatic rings. The van der Waals surface area contributed by atoms with Crippen LogP contribution in [0.1, 0.15) is 18.9 Å². The van der Waals surface area contributed by atoms with E-state index in [-0.39, 0.29) is 12.3 Å². The summed E-state index contributed by atoms with van der Waals surface area (Å²) in [6.45, 7) is 1.41. The van der Waals surface area contributed by atoms with Crippen LogP contribution in [0.3, 0.4) is 0 Å². The molecule has 7 heteroatoms. The van der Waals surface area contributed by atoms with Gasteiger partial charge < -0.3 is 24.6 Å². The summed E-state index contributed by atoms with van der Waals surface area (Å²) < 4.78 is 15.8. The zero-order valence-electron chi connectivity index (χ0n) is 13.1. The van der Waals surface area contributed by atoms with Gasteiger partial charge in [-0.1, -0.05) is 6.07 Å². The van der Waals surface area contributed by atoms with E-state index < -0.39 is 12.0 Å². The topological polar surface area (TPSA) is 94.1 Å². The van der Waals surface area contributed by atoms with Crippen molar-refractivity contribution in [2.45, 2.75) is 25.8 Å². The number of methoxy groups -OCH3 is 3. The molecule has 0 bridgehead atoms. The van der Waals surface area contributed by atoms with Gasteiger partial charge in [-0.05, 0) is 25.0 Å². The summed E-state index contributed by atoms with van der Waals surface area (Å²) in [7, 11) is 4.54. The third-order valence-electron chi connectivity index (χ3n) is 3.16. The fraction of sp³-hybridized carbons (Fsp3) is 0.467. The quantitative estimate of drug-likeness (QED) is 0.750. The average Bonchev–Trinajstić information content (AvgIpc) is 2.51. The van der Waals surface area contributed by atoms with E-state index in [1.54, 1.807) is 12.1 Å². The molecule has 0 spiro atoms. The zero-order valence-corrected chi connectivity index (χ0v) is 13.1. The van der Waals surface area contributed by atoms with E-state index in [0.29, 0.717) is 23.7 Å². The maximum Gasteiger partial charge on any atom is 0.325 e. The molecular weight excluding hydrogens is 290 g/mol. The highest BCUT2D eigenvalue weighted by Gasteiger charge is 2.18. The van der Waals surface area contributed by atoms with Crippen molar-refractivity contribution in [3.63, 3.8) is 0 Å². The van der Waals surface area contributed by atoms with Gasteiger partial charge in [0.15, 0.2) is 11.5 Å². The molecule has 1 amide bonds. The molecule has 0 aliphatic carbocycles. The lowest BCUT2D eigenvalue weighted by Crippen LogP contribution is -2.38. The van der Waals surface area contributed by atoms with Crippen LogP contribution >= 0.6 is 0 Å². The standard InChI is InChI=1S/C15H21NO6/c1-9(15(18)19)16-12(17)8-6-10-5-7-11(20-2)14(22-4)13(10)21-3/h5,7,9H,6,8H2,1-4H3,(H,16,17)(H,18,19)/t9-/m1/s1. The smallest absolute Gasteiger partial charge is 0.325 e. The monoisotopic (exact) mass is 311 g/mol. The Balaban J connectivity index is 2.81. The van der Waals surface area contributed by atoms with Crippen molar-refractivity contribution in [2.75, 3.05) is 21.3 Å². The van der Waals surface area contributed by atoms with Crippen LogP contribution in [0, 0.1) is 0 Å². The third-order valence-corrected chi connectivity index (χ3v) is 3.16. The Labute approximate surface area is 129 Å². The van der Waals surface area contributed by atoms with Crippen molar-refractivity contribution in [2.24, 2.45) is 0 Å². The minimum absolute atomic E-state index is 0.142. The number of aliphatic carboxylic acids is 1. The predicted octanol–water partition coefficient (Wildman–Crippen LogP) is 1.23. The predicted molar refractivity (Wildman–Crippen MR) is 79.7 cm³/mol. The summed E-state index contributed by atoms with van der Waals surface area (Å²) in [5.74, 6) is 0.0820. The fourth-order valence-electron chi connectivity index (χ4n) is 1.98. The number of hydrogen-bond acceptors (Lipinski definition) is 5. The number of ether oxygens (including phenoxy) is 3. The molecule has 22 heavy (non-hydrogen) atoms. The van der Waals surface area contributed by atoms with E-state index >= 15 is 0 Å². The Bertz CT molecular complexity index is 543. The highest BCUT2D eigenvalue weighted by atomic mass is 16.5. The molecule has 0 aliphatic heterocycles. The summed E-state index contributed by atoms with van der Waals surface area (Å²) in [5.41, 5.74) is 0.776. The summed E-state index contributed by atoms with van der Waals surface area (Å²) in [4.78, 5) is 22.4. The molecule has 0 radical (unpaired) electrons. The van der Waals surface area contributed by atoms with Crippen LogP contribution in [-0.2, 0) is 16.0 Å². The molecule has 0 aromatic heterocycles. The van der Waals surface area contributed by atoms with Crippen molar-refractivity contribution >= 4 is 11.9 Å². The van der Waals surface area contributed by atoms with Gasteiger partial charge in [0.05, 0.1) is 21.3 Å². The average molecular weight is 311 g/mol. The number of carboxylic acids is 1. The number of amides is 1. The van der Waals surface area contributed by atoms with E-state index in [2.05, 4.69) is 5.32 Å². The molecular formula is C15H21NO6. The summed E-state index contributed by atoms with van der Waals surface area (Å²) >= 11 is 0. The maximum atomic E-state index is 11.7. The van der Waals surface area contributed by atoms with Crippen LogP contribution in [0.15, 0.2) is 12.1 Å². The first-order chi connectivity index (χ1) is 10.4. The van der Waals surface area contributed by atoms with E-state index in [1.165, 1.54) is 28.3 Å². The normalized spacial score (nSPS) is 11.5. The zero-order chi connectivity index (χ0) is 16.7. The number of hydrogen-bond donors (Lipinski definition) is 2. The van der Waals surface area contributed by atoms with Crippen LogP contribution in [0.25, 0.3) is 0 Å². The van der Waals surface area contributed by atoms with E-state index in [4.69, 9.17) is 19.3 Å². The third kappa shape index (κ3) is 4.28. The Kier molecular flexibility index (Phi) is 6.49. The summed E-state index contributed by atoms with van der Waals surface area (Å²) in [6.07, 6.45) is 0.533. The first kappa shape index (κ1) is 17.6. The molecule has 0 saturated carbocycles. The van der Waals surface area contributed by atoms with Crippen molar-refractivity contribution in [1.82, 2.24) is 5.32 Å². The number of benzene rings is 1. The molecule has 1 rings (SSSR count). The van der Waals surface area contributed by atoms with Gasteiger partial charge >= 0.3 is 5.97 Å². The first-order valence-electron chi connectivity index (χ1n) is 6.74. The minimum atomic E-state index is -1.07. The molecule has 0 saturated heterocycles. The van der Waals surface area contributed by atoms with Gasteiger partial charge in [-0.25, -0.2) is 0 Å². The Morgan fingerprint density at radius 1 is 1.14 bits per heavy atom. The van der Waals surface area contributed by atoms with E-state index in [9.17, 15) is 9.59 Å². The molecule has 1 aromatic carbocycles. The van der Waals surface area contributed by atoms with Crippen molar-refractivity contribution in [1.29, 1.82) is 0 Å². The number of carbonyl (C=O) groups excluding carboxylic acids is 1. The highest BCUT2D eigenvalue weighted by molar-refractivity contribution is 5.83. The van der Waals surface area contributed by atoms with Gasteiger partial charge in [0.25, 0.3) is 0 Å². The van der Waals surface area contributed by atoms with Crippen LogP contribution < -0.4 is 19.5 Å². The largest absolute Gasteiger partial charge is 0.493 e. The molecule has 0 fully saturated rings.